The number of benzene rings is 1. The summed E-state index contributed by atoms with van der Waals surface area (Å²) < 4.78 is 5.44. The molecule has 0 aliphatic heterocycles. The first-order chi connectivity index (χ1) is 12.8. The highest BCUT2D eigenvalue weighted by Crippen LogP contribution is 2.30. The topological polar surface area (TPSA) is 73.1 Å². The van der Waals surface area contributed by atoms with Crippen molar-refractivity contribution in [3.63, 3.8) is 0 Å². The van der Waals surface area contributed by atoms with Crippen LogP contribution in [-0.4, -0.2) is 15.8 Å². The number of carbonyl (C=O) groups excluding carboxylic acids is 1. The van der Waals surface area contributed by atoms with E-state index in [1.807, 2.05) is 39.8 Å². The third kappa shape index (κ3) is 3.81. The number of hydrogen-bond donors (Lipinski definition) is 0. The Balaban J connectivity index is 2.06. The van der Waals surface area contributed by atoms with Crippen LogP contribution in [0.1, 0.15) is 52.4 Å². The first-order valence-corrected chi connectivity index (χ1v) is 9.84. The van der Waals surface area contributed by atoms with Crippen LogP contribution in [0.25, 0.3) is 11.0 Å². The smallest absolute Gasteiger partial charge is 0.336 e. The molecule has 3 rings (SSSR count). The van der Waals surface area contributed by atoms with Crippen molar-refractivity contribution in [2.24, 2.45) is 0 Å². The highest BCUT2D eigenvalue weighted by Gasteiger charge is 2.17. The summed E-state index contributed by atoms with van der Waals surface area (Å²) in [6, 6.07) is 5.52. The van der Waals surface area contributed by atoms with Crippen LogP contribution in [0.15, 0.2) is 32.4 Å². The molecule has 140 valence electrons. The minimum atomic E-state index is -0.369. The van der Waals surface area contributed by atoms with Crippen molar-refractivity contribution in [2.45, 2.75) is 51.8 Å². The first kappa shape index (κ1) is 19.3. The quantitative estimate of drug-likeness (QED) is 0.279. The molecule has 0 bridgehead atoms. The van der Waals surface area contributed by atoms with Crippen molar-refractivity contribution in [1.82, 2.24) is 9.97 Å². The van der Waals surface area contributed by atoms with Gasteiger partial charge in [0.25, 0.3) is 0 Å². The molecule has 2 heterocycles. The van der Waals surface area contributed by atoms with Gasteiger partial charge in [-0.25, -0.2) is 14.8 Å². The van der Waals surface area contributed by atoms with Gasteiger partial charge in [0.2, 0.25) is 0 Å². The predicted octanol–water partition coefficient (Wildman–Crippen LogP) is 4.57. The number of rotatable bonds is 5. The minimum absolute atomic E-state index is 0.0541. The fourth-order valence-electron chi connectivity index (χ4n) is 3.06. The lowest BCUT2D eigenvalue weighted by atomic mass is 10.0. The Hall–Kier alpha value is -2.47. The van der Waals surface area contributed by atoms with Gasteiger partial charge in [0.1, 0.15) is 16.4 Å². The number of Topliss-reactive ketones (excluding diaryl/α,β-unsaturated/α-hetero) is 1. The normalized spacial score (nSPS) is 11.1. The molecule has 1 aromatic carbocycles. The molecular weight excluding hydrogens is 360 g/mol. The van der Waals surface area contributed by atoms with Crippen molar-refractivity contribution in [3.05, 3.63) is 62.4 Å². The lowest BCUT2D eigenvalue weighted by Gasteiger charge is -2.12. The predicted molar refractivity (Wildman–Crippen MR) is 108 cm³/mol. The average molecular weight is 382 g/mol. The second-order valence-corrected chi connectivity index (χ2v) is 7.54. The van der Waals surface area contributed by atoms with E-state index in [0.29, 0.717) is 39.9 Å². The van der Waals surface area contributed by atoms with Gasteiger partial charge in [-0.1, -0.05) is 19.1 Å². The molecule has 5 nitrogen and oxygen atoms in total. The van der Waals surface area contributed by atoms with Gasteiger partial charge in [0, 0.05) is 23.6 Å². The Morgan fingerprint density at radius 3 is 2.59 bits per heavy atom. The maximum Gasteiger partial charge on any atom is 0.336 e. The summed E-state index contributed by atoms with van der Waals surface area (Å²) in [5, 5.41) is 1.58. The lowest BCUT2D eigenvalue weighted by molar-refractivity contribution is 0.101. The molecule has 0 N–H and O–H groups in total. The summed E-state index contributed by atoms with van der Waals surface area (Å²) in [7, 11) is 0. The summed E-state index contributed by atoms with van der Waals surface area (Å²) in [6.45, 7) is 9.29. The van der Waals surface area contributed by atoms with Gasteiger partial charge in [-0.05, 0) is 44.4 Å². The average Bonchev–Trinajstić information content (AvgIpc) is 2.62. The molecule has 6 heteroatoms. The van der Waals surface area contributed by atoms with Gasteiger partial charge in [0.15, 0.2) is 5.78 Å². The number of hydrogen-bond acceptors (Lipinski definition) is 6. The van der Waals surface area contributed by atoms with Crippen molar-refractivity contribution in [2.75, 3.05) is 0 Å². The maximum atomic E-state index is 12.1. The fraction of sp³-hybridized carbons (Fsp3) is 0.333. The van der Waals surface area contributed by atoms with Gasteiger partial charge < -0.3 is 4.42 Å². The molecule has 0 fully saturated rings. The first-order valence-electron chi connectivity index (χ1n) is 8.86. The molecule has 0 amide bonds. The number of ketones is 1. The zero-order chi connectivity index (χ0) is 19.7. The van der Waals surface area contributed by atoms with Crippen LogP contribution >= 0.6 is 11.8 Å². The van der Waals surface area contributed by atoms with E-state index in [9.17, 15) is 9.59 Å². The van der Waals surface area contributed by atoms with E-state index in [4.69, 9.17) is 4.42 Å². The minimum Gasteiger partial charge on any atom is -0.422 e. The second-order valence-electron chi connectivity index (χ2n) is 6.58. The molecule has 0 radical (unpaired) electrons. The van der Waals surface area contributed by atoms with E-state index in [0.717, 1.165) is 22.1 Å². The Morgan fingerprint density at radius 2 is 1.93 bits per heavy atom. The third-order valence-corrected chi connectivity index (χ3v) is 5.68. The summed E-state index contributed by atoms with van der Waals surface area (Å²) in [5.41, 5.74) is 4.42. The van der Waals surface area contributed by atoms with Crippen LogP contribution in [0.5, 0.6) is 0 Å². The molecule has 27 heavy (non-hydrogen) atoms. The fourth-order valence-corrected chi connectivity index (χ4v) is 4.20. The molecule has 2 aromatic heterocycles. The maximum absolute atomic E-state index is 12.1. The SMILES string of the molecule is CCc1nc(C)c(C(C)=O)c(SCc2cc(=O)oc3c(C)c(C)ccc23)n1. The molecule has 0 saturated heterocycles. The van der Waals surface area contributed by atoms with Crippen LogP contribution in [-0.2, 0) is 12.2 Å². The number of nitrogens with zero attached hydrogens (tertiary/aromatic N) is 2. The van der Waals surface area contributed by atoms with Crippen molar-refractivity contribution in [3.8, 4) is 0 Å². The molecular formula is C21H22N2O3S. The molecule has 0 spiro atoms. The van der Waals surface area contributed by atoms with Crippen molar-refractivity contribution < 1.29 is 9.21 Å². The Labute approximate surface area is 162 Å². The monoisotopic (exact) mass is 382 g/mol. The van der Waals surface area contributed by atoms with Gasteiger partial charge in [-0.15, -0.1) is 11.8 Å². The van der Waals surface area contributed by atoms with E-state index >= 15 is 0 Å². The Kier molecular flexibility index (Phi) is 5.46. The van der Waals surface area contributed by atoms with Crippen molar-refractivity contribution in [1.29, 1.82) is 0 Å². The van der Waals surface area contributed by atoms with Crippen LogP contribution in [0.4, 0.5) is 0 Å². The summed E-state index contributed by atoms with van der Waals surface area (Å²) >= 11 is 1.45. The number of aromatic nitrogens is 2. The van der Waals surface area contributed by atoms with Gasteiger partial charge in [0.05, 0.1) is 11.3 Å². The van der Waals surface area contributed by atoms with E-state index in [1.165, 1.54) is 24.8 Å². The standard InChI is InChI=1S/C21H22N2O3S/c1-6-17-22-13(4)19(14(5)24)21(23-17)27-10-15-9-18(25)26-20-12(3)11(2)7-8-16(15)20/h7-9H,6,10H2,1-5H3. The number of aryl methyl sites for hydroxylation is 4. The highest BCUT2D eigenvalue weighted by atomic mass is 32.2. The molecule has 0 atom stereocenters. The van der Waals surface area contributed by atoms with Crippen LogP contribution in [0.3, 0.4) is 0 Å². The van der Waals surface area contributed by atoms with E-state index in [2.05, 4.69) is 9.97 Å². The molecule has 3 aromatic rings. The van der Waals surface area contributed by atoms with Gasteiger partial charge in [-0.2, -0.15) is 0 Å². The van der Waals surface area contributed by atoms with Crippen LogP contribution < -0.4 is 5.63 Å². The van der Waals surface area contributed by atoms with Crippen molar-refractivity contribution >= 4 is 28.5 Å². The van der Waals surface area contributed by atoms with E-state index < -0.39 is 0 Å². The van der Waals surface area contributed by atoms with Gasteiger partial charge >= 0.3 is 5.63 Å². The Bertz CT molecular complexity index is 1100. The molecule has 0 aliphatic rings. The lowest BCUT2D eigenvalue weighted by Crippen LogP contribution is -2.08. The molecule has 0 aliphatic carbocycles. The number of thioether (sulfide) groups is 1. The molecule has 0 unspecified atom stereocenters. The summed E-state index contributed by atoms with van der Waals surface area (Å²) in [6.07, 6.45) is 0.697. The number of fused-ring (bicyclic) bond motifs is 1. The Morgan fingerprint density at radius 1 is 1.19 bits per heavy atom. The zero-order valence-electron chi connectivity index (χ0n) is 16.2. The third-order valence-electron chi connectivity index (χ3n) is 4.65. The van der Waals surface area contributed by atoms with E-state index in [1.54, 1.807) is 0 Å². The summed E-state index contributed by atoms with van der Waals surface area (Å²) in [4.78, 5) is 33.1. The second kappa shape index (κ2) is 7.64. The zero-order valence-corrected chi connectivity index (χ0v) is 17.0. The van der Waals surface area contributed by atoms with Crippen LogP contribution in [0, 0.1) is 20.8 Å². The van der Waals surface area contributed by atoms with Gasteiger partial charge in [-0.3, -0.25) is 4.79 Å². The summed E-state index contributed by atoms with van der Waals surface area (Å²) in [5.74, 6) is 1.18. The van der Waals surface area contributed by atoms with E-state index in [-0.39, 0.29) is 11.4 Å². The largest absolute Gasteiger partial charge is 0.422 e. The number of carbonyl (C=O) groups is 1. The highest BCUT2D eigenvalue weighted by molar-refractivity contribution is 7.98. The van der Waals surface area contributed by atoms with Crippen LogP contribution in [0.2, 0.25) is 0 Å². The molecule has 0 saturated carbocycles.